The maximum absolute atomic E-state index is 9.24. The van der Waals surface area contributed by atoms with Crippen molar-refractivity contribution in [3.8, 4) is 0 Å². The lowest BCUT2D eigenvalue weighted by atomic mass is 10.4. The van der Waals surface area contributed by atoms with Gasteiger partial charge in [0, 0.05) is 13.4 Å². The van der Waals surface area contributed by atoms with Crippen LogP contribution in [-0.2, 0) is 0 Å². The Labute approximate surface area is 68.8 Å². The molecule has 1 heterocycles. The fourth-order valence-corrected chi connectivity index (χ4v) is 3.68. The van der Waals surface area contributed by atoms with Crippen molar-refractivity contribution in [3.05, 3.63) is 12.2 Å². The van der Waals surface area contributed by atoms with Crippen LogP contribution in [0.4, 0.5) is 0 Å². The van der Waals surface area contributed by atoms with Crippen LogP contribution in [0.25, 0.3) is 0 Å². The lowest BCUT2D eigenvalue weighted by molar-refractivity contribution is 0.268. The van der Waals surface area contributed by atoms with Gasteiger partial charge in [0.1, 0.15) is 5.85 Å². The van der Waals surface area contributed by atoms with Gasteiger partial charge in [0.05, 0.1) is 4.83 Å². The summed E-state index contributed by atoms with van der Waals surface area (Å²) in [6, 6.07) is 0. The van der Waals surface area contributed by atoms with Gasteiger partial charge in [-0.1, -0.05) is 39.3 Å². The first-order chi connectivity index (χ1) is 4.22. The third-order valence-electron chi connectivity index (χ3n) is 1.17. The van der Waals surface area contributed by atoms with Crippen molar-refractivity contribution < 1.29 is 5.11 Å². The van der Waals surface area contributed by atoms with E-state index in [1.165, 1.54) is 0 Å². The number of allylic oxidation sites excluding steroid dienone is 1. The number of aliphatic hydroxyl groups is 1. The highest BCUT2D eigenvalue weighted by atomic mass is 79.9. The highest BCUT2D eigenvalue weighted by Crippen LogP contribution is 2.50. The van der Waals surface area contributed by atoms with Gasteiger partial charge < -0.3 is 5.11 Å². The van der Waals surface area contributed by atoms with Crippen LogP contribution in [0.2, 0.25) is 0 Å². The smallest absolute Gasteiger partial charge is 0.103 e. The summed E-state index contributed by atoms with van der Waals surface area (Å²) < 4.78 is 0. The minimum absolute atomic E-state index is 0.0647. The van der Waals surface area contributed by atoms with Gasteiger partial charge in [-0.25, -0.2) is 0 Å². The molecule has 1 nitrogen and oxygen atoms in total. The number of alkyl halides is 1. The third kappa shape index (κ3) is 1.91. The highest BCUT2D eigenvalue weighted by molar-refractivity contribution is 9.09. The molecule has 52 valence electrons. The van der Waals surface area contributed by atoms with Gasteiger partial charge in [0.25, 0.3) is 0 Å². The predicted molar refractivity (Wildman–Crippen MR) is 45.5 cm³/mol. The Morgan fingerprint density at radius 2 is 2.44 bits per heavy atom. The minimum Gasteiger partial charge on any atom is -0.386 e. The Hall–Kier alpha value is 0.900. The van der Waals surface area contributed by atoms with Crippen molar-refractivity contribution in [1.29, 1.82) is 0 Å². The molecule has 9 heavy (non-hydrogen) atoms. The summed E-state index contributed by atoms with van der Waals surface area (Å²) in [5.74, 6) is -0.369. The number of aliphatic hydroxyl groups excluding tert-OH is 1. The second-order valence-electron chi connectivity index (χ2n) is 1.87. The summed E-state index contributed by atoms with van der Waals surface area (Å²) in [5, 5.41) is 9.24. The quantitative estimate of drug-likeness (QED) is 0.384. The van der Waals surface area contributed by atoms with Gasteiger partial charge in [0.15, 0.2) is 0 Å². The topological polar surface area (TPSA) is 20.2 Å². The van der Waals surface area contributed by atoms with Crippen LogP contribution in [0.1, 0.15) is 0 Å². The summed E-state index contributed by atoms with van der Waals surface area (Å²) in [6.07, 6.45) is 4.77. The van der Waals surface area contributed by atoms with Crippen LogP contribution in [0, 0.1) is 0 Å². The number of halogens is 2. The van der Waals surface area contributed by atoms with E-state index in [4.69, 9.17) is 11.2 Å². The average molecular weight is 229 g/mol. The van der Waals surface area contributed by atoms with E-state index in [9.17, 15) is 5.11 Å². The largest absolute Gasteiger partial charge is 0.386 e. The van der Waals surface area contributed by atoms with E-state index in [2.05, 4.69) is 15.9 Å². The molecule has 1 N–H and O–H groups in total. The number of hydrogen-bond acceptors (Lipinski definition) is 1. The maximum atomic E-state index is 9.24. The molecule has 0 aromatic heterocycles. The molecular formula is C5H7BrClOP. The molecule has 0 radical (unpaired) electrons. The summed E-state index contributed by atoms with van der Waals surface area (Å²) >= 11 is 9.08. The molecule has 3 atom stereocenters. The zero-order chi connectivity index (χ0) is 6.85. The van der Waals surface area contributed by atoms with E-state index in [-0.39, 0.29) is 10.7 Å². The van der Waals surface area contributed by atoms with E-state index < -0.39 is 7.27 Å². The molecule has 0 aliphatic carbocycles. The molecule has 0 fully saturated rings. The minimum atomic E-state index is -0.698. The molecule has 1 unspecified atom stereocenters. The van der Waals surface area contributed by atoms with Crippen LogP contribution in [0.3, 0.4) is 0 Å². The third-order valence-corrected chi connectivity index (χ3v) is 4.86. The Bertz CT molecular complexity index is 130. The van der Waals surface area contributed by atoms with Crippen molar-refractivity contribution in [3.63, 3.8) is 0 Å². The molecule has 4 heteroatoms. The summed E-state index contributed by atoms with van der Waals surface area (Å²) in [7, 11) is -0.698. The monoisotopic (exact) mass is 228 g/mol. The van der Waals surface area contributed by atoms with Gasteiger partial charge >= 0.3 is 0 Å². The van der Waals surface area contributed by atoms with Crippen molar-refractivity contribution >= 4 is 34.4 Å². The van der Waals surface area contributed by atoms with Crippen molar-refractivity contribution in [2.24, 2.45) is 0 Å². The van der Waals surface area contributed by atoms with Gasteiger partial charge in [-0.05, 0) is 0 Å². The molecule has 0 aromatic rings. The first kappa shape index (κ1) is 8.00. The SMILES string of the molecule is O[C@@H]1[C@@H](Br)C=CCP1Cl. The van der Waals surface area contributed by atoms with Crippen LogP contribution < -0.4 is 0 Å². The second-order valence-corrected chi connectivity index (χ2v) is 5.92. The molecule has 0 spiro atoms. The highest BCUT2D eigenvalue weighted by Gasteiger charge is 2.24. The molecule has 1 aliphatic rings. The van der Waals surface area contributed by atoms with Crippen molar-refractivity contribution in [2.45, 2.75) is 10.7 Å². The summed E-state index contributed by atoms with van der Waals surface area (Å²) in [4.78, 5) is 0.0647. The standard InChI is InChI=1S/C5H7BrClOP/c6-4-2-1-3-9(7)5(4)8/h1-2,4-5,8H,3H2/t4-,5-,9?/m0/s1. The van der Waals surface area contributed by atoms with E-state index in [0.29, 0.717) is 0 Å². The Morgan fingerprint density at radius 1 is 1.78 bits per heavy atom. The predicted octanol–water partition coefficient (Wildman–Crippen LogP) is 2.27. The zero-order valence-electron chi connectivity index (χ0n) is 4.67. The maximum Gasteiger partial charge on any atom is 0.103 e. The molecule has 0 aromatic carbocycles. The van der Waals surface area contributed by atoms with Gasteiger partial charge in [0.2, 0.25) is 0 Å². The molecule has 1 aliphatic heterocycles. The Morgan fingerprint density at radius 3 is 2.89 bits per heavy atom. The van der Waals surface area contributed by atoms with Gasteiger partial charge in [-0.15, -0.1) is 0 Å². The first-order valence-corrected chi connectivity index (χ1v) is 6.04. The Kier molecular flexibility index (Phi) is 2.97. The van der Waals surface area contributed by atoms with Gasteiger partial charge in [-0.3, -0.25) is 0 Å². The molecule has 0 amide bonds. The van der Waals surface area contributed by atoms with E-state index in [0.717, 1.165) is 6.16 Å². The lowest BCUT2D eigenvalue weighted by Gasteiger charge is -2.22. The fraction of sp³-hybridized carbons (Fsp3) is 0.600. The number of hydrogen-bond donors (Lipinski definition) is 1. The van der Waals surface area contributed by atoms with E-state index >= 15 is 0 Å². The number of rotatable bonds is 0. The average Bonchev–Trinajstić information content (AvgIpc) is 1.83. The zero-order valence-corrected chi connectivity index (χ0v) is 7.90. The molecular weight excluding hydrogens is 222 g/mol. The van der Waals surface area contributed by atoms with Crippen LogP contribution >= 0.6 is 34.4 Å². The fourth-order valence-electron chi connectivity index (χ4n) is 0.653. The molecule has 0 bridgehead atoms. The van der Waals surface area contributed by atoms with Crippen LogP contribution in [0.5, 0.6) is 0 Å². The lowest BCUT2D eigenvalue weighted by Crippen LogP contribution is -2.18. The second kappa shape index (κ2) is 3.34. The summed E-state index contributed by atoms with van der Waals surface area (Å²) in [5.41, 5.74) is 0. The van der Waals surface area contributed by atoms with Crippen molar-refractivity contribution in [2.75, 3.05) is 6.16 Å². The van der Waals surface area contributed by atoms with Crippen LogP contribution in [0.15, 0.2) is 12.2 Å². The molecule has 0 saturated carbocycles. The van der Waals surface area contributed by atoms with Crippen molar-refractivity contribution in [1.82, 2.24) is 0 Å². The molecule has 0 saturated heterocycles. The molecule has 1 rings (SSSR count). The normalized spacial score (nSPS) is 43.2. The van der Waals surface area contributed by atoms with E-state index in [1.54, 1.807) is 0 Å². The summed E-state index contributed by atoms with van der Waals surface area (Å²) in [6.45, 7) is 0. The van der Waals surface area contributed by atoms with E-state index in [1.807, 2.05) is 12.2 Å². The van der Waals surface area contributed by atoms with Crippen LogP contribution in [-0.4, -0.2) is 21.9 Å². The Balaban J connectivity index is 2.58. The van der Waals surface area contributed by atoms with Gasteiger partial charge in [-0.2, -0.15) is 0 Å². The first-order valence-electron chi connectivity index (χ1n) is 2.63.